The van der Waals surface area contributed by atoms with E-state index < -0.39 is 36.2 Å². The number of hydrogen-bond donors (Lipinski definition) is 7. The lowest BCUT2D eigenvalue weighted by atomic mass is 9.99. The average Bonchev–Trinajstić information content (AvgIpc) is 3.45. The Labute approximate surface area is 281 Å². The number of benzene rings is 2. The molecule has 0 aliphatic carbocycles. The third-order valence-corrected chi connectivity index (χ3v) is 7.92. The Kier molecular flexibility index (Phi) is 14.6. The zero-order valence-corrected chi connectivity index (χ0v) is 27.1. The summed E-state index contributed by atoms with van der Waals surface area (Å²) in [6.07, 6.45) is -0.433. The third kappa shape index (κ3) is 12.9. The van der Waals surface area contributed by atoms with E-state index in [1.807, 2.05) is 60.8 Å². The van der Waals surface area contributed by atoms with E-state index in [2.05, 4.69) is 26.3 Å². The van der Waals surface area contributed by atoms with Crippen molar-refractivity contribution in [3.8, 4) is 0 Å². The predicted octanol–water partition coefficient (Wildman–Crippen LogP) is 2.72. The fourth-order valence-corrected chi connectivity index (χ4v) is 5.36. The number of halogens is 3. The third-order valence-electron chi connectivity index (χ3n) is 7.92. The van der Waals surface area contributed by atoms with Crippen molar-refractivity contribution >= 4 is 40.5 Å². The summed E-state index contributed by atoms with van der Waals surface area (Å²) in [5.41, 5.74) is 8.60. The molecular formula is C34H43F3N6O6. The molecule has 8 N–H and O–H groups in total. The molecule has 12 nitrogen and oxygen atoms in total. The quantitative estimate of drug-likeness (QED) is 0.177. The fourth-order valence-electron chi connectivity index (χ4n) is 5.36. The number of hydrogen-bond acceptors (Lipinski definition) is 6. The number of nitrogens with one attached hydrogen (secondary N) is 5. The molecule has 2 heterocycles. The summed E-state index contributed by atoms with van der Waals surface area (Å²) < 4.78 is 31.7. The highest BCUT2D eigenvalue weighted by Gasteiger charge is 2.38. The molecule has 1 aromatic heterocycles. The van der Waals surface area contributed by atoms with Crippen LogP contribution in [0.2, 0.25) is 0 Å². The fraction of sp³-hybridized carbons (Fsp3) is 0.441. The molecular weight excluding hydrogens is 645 g/mol. The van der Waals surface area contributed by atoms with Crippen LogP contribution in [-0.2, 0) is 36.8 Å². The molecule has 0 unspecified atom stereocenters. The topological polar surface area (TPSA) is 196 Å². The van der Waals surface area contributed by atoms with Gasteiger partial charge in [-0.25, -0.2) is 4.79 Å². The van der Waals surface area contributed by atoms with Crippen LogP contribution >= 0.6 is 0 Å². The molecule has 0 radical (unpaired) electrons. The van der Waals surface area contributed by atoms with Gasteiger partial charge >= 0.3 is 12.1 Å². The zero-order valence-electron chi connectivity index (χ0n) is 27.1. The first-order chi connectivity index (χ1) is 23.3. The lowest BCUT2D eigenvalue weighted by Gasteiger charge is -2.25. The van der Waals surface area contributed by atoms with Gasteiger partial charge in [-0.15, -0.1) is 0 Å². The molecule has 1 aliphatic heterocycles. The number of unbranched alkanes of at least 4 members (excludes halogenated alkanes) is 1. The zero-order chi connectivity index (χ0) is 36.0. The summed E-state index contributed by atoms with van der Waals surface area (Å²) in [5.74, 6) is -4.48. The van der Waals surface area contributed by atoms with Crippen molar-refractivity contribution in [3.05, 3.63) is 71.9 Å². The maximum atomic E-state index is 13.6. The summed E-state index contributed by atoms with van der Waals surface area (Å²) in [7, 11) is 0. The first-order valence-corrected chi connectivity index (χ1v) is 16.0. The summed E-state index contributed by atoms with van der Waals surface area (Å²) in [4.78, 5) is 65.1. The van der Waals surface area contributed by atoms with E-state index in [9.17, 15) is 32.3 Å². The Morgan fingerprint density at radius 3 is 2.16 bits per heavy atom. The molecule has 0 spiro atoms. The first-order valence-electron chi connectivity index (χ1n) is 16.0. The molecule has 4 amide bonds. The molecule has 1 saturated heterocycles. The second-order valence-electron chi connectivity index (χ2n) is 12.0. The van der Waals surface area contributed by atoms with E-state index in [1.165, 1.54) is 0 Å². The van der Waals surface area contributed by atoms with Gasteiger partial charge in [-0.3, -0.25) is 19.2 Å². The Morgan fingerprint density at radius 1 is 0.857 bits per heavy atom. The monoisotopic (exact) mass is 688 g/mol. The number of aliphatic carboxylic acids is 1. The summed E-state index contributed by atoms with van der Waals surface area (Å²) in [5, 5.41) is 19.9. The lowest BCUT2D eigenvalue weighted by molar-refractivity contribution is -0.192. The molecule has 49 heavy (non-hydrogen) atoms. The number of nitrogens with two attached hydrogens (primary N) is 1. The SMILES string of the molecule is C[C@H]1CNC(=O)C[C@H](Cc2ccccc2)NC(=O)C[C@H](Cc2c[nH]c3ccccc23)NC(=O)[C@H](CCCCN)NC1=O.O=C(O)C(F)(F)F. The molecule has 4 atom stereocenters. The molecule has 2 aromatic carbocycles. The number of fused-ring (bicyclic) bond motifs is 1. The molecule has 1 fully saturated rings. The van der Waals surface area contributed by atoms with Crippen molar-refractivity contribution in [2.75, 3.05) is 13.1 Å². The second kappa shape index (κ2) is 18.6. The van der Waals surface area contributed by atoms with Crippen LogP contribution in [0.15, 0.2) is 60.8 Å². The number of carbonyl (C=O) groups is 5. The van der Waals surface area contributed by atoms with Gasteiger partial charge in [0.1, 0.15) is 6.04 Å². The Hall–Kier alpha value is -4.92. The van der Waals surface area contributed by atoms with E-state index in [1.54, 1.807) is 6.92 Å². The number of para-hydroxylation sites is 1. The summed E-state index contributed by atoms with van der Waals surface area (Å²) >= 11 is 0. The average molecular weight is 689 g/mol. The van der Waals surface area contributed by atoms with Crippen molar-refractivity contribution in [2.45, 2.75) is 76.2 Å². The molecule has 0 saturated carbocycles. The Balaban J connectivity index is 0.000000838. The number of aromatic nitrogens is 1. The van der Waals surface area contributed by atoms with E-state index in [0.717, 1.165) is 28.5 Å². The van der Waals surface area contributed by atoms with E-state index >= 15 is 0 Å². The van der Waals surface area contributed by atoms with Gasteiger partial charge in [-0.1, -0.05) is 55.5 Å². The minimum atomic E-state index is -5.08. The Bertz CT molecular complexity index is 1560. The highest BCUT2D eigenvalue weighted by Crippen LogP contribution is 2.20. The first kappa shape index (κ1) is 38.5. The summed E-state index contributed by atoms with van der Waals surface area (Å²) in [6.45, 7) is 2.32. The molecule has 266 valence electrons. The normalized spacial score (nSPS) is 21.2. The maximum absolute atomic E-state index is 13.6. The van der Waals surface area contributed by atoms with Crippen LogP contribution in [0, 0.1) is 5.92 Å². The van der Waals surface area contributed by atoms with Gasteiger partial charge in [-0.2, -0.15) is 13.2 Å². The lowest BCUT2D eigenvalue weighted by Crippen LogP contribution is -2.52. The highest BCUT2D eigenvalue weighted by atomic mass is 19.4. The maximum Gasteiger partial charge on any atom is 0.490 e. The molecule has 0 bridgehead atoms. The van der Waals surface area contributed by atoms with Gasteiger partial charge in [-0.05, 0) is 55.8 Å². The van der Waals surface area contributed by atoms with E-state index in [4.69, 9.17) is 15.6 Å². The highest BCUT2D eigenvalue weighted by molar-refractivity contribution is 5.90. The molecule has 4 rings (SSSR count). The van der Waals surface area contributed by atoms with E-state index in [-0.39, 0.29) is 43.0 Å². The number of carboxylic acid groups (broad SMARTS) is 1. The number of alkyl halides is 3. The van der Waals surface area contributed by atoms with Gasteiger partial charge in [0, 0.05) is 48.6 Å². The number of carboxylic acids is 1. The van der Waals surface area contributed by atoms with Gasteiger partial charge in [0.2, 0.25) is 23.6 Å². The van der Waals surface area contributed by atoms with Crippen molar-refractivity contribution in [3.63, 3.8) is 0 Å². The number of rotatable bonds is 8. The summed E-state index contributed by atoms with van der Waals surface area (Å²) in [6, 6.07) is 15.7. The smallest absolute Gasteiger partial charge is 0.475 e. The van der Waals surface area contributed by atoms with Crippen LogP contribution in [0.1, 0.15) is 50.2 Å². The minimum Gasteiger partial charge on any atom is -0.475 e. The van der Waals surface area contributed by atoms with Crippen molar-refractivity contribution in [2.24, 2.45) is 11.7 Å². The van der Waals surface area contributed by atoms with Crippen LogP contribution < -0.4 is 27.0 Å². The van der Waals surface area contributed by atoms with Gasteiger partial charge in [0.15, 0.2) is 0 Å². The van der Waals surface area contributed by atoms with Crippen LogP contribution in [0.3, 0.4) is 0 Å². The number of aromatic amines is 1. The van der Waals surface area contributed by atoms with Gasteiger partial charge in [0.25, 0.3) is 0 Å². The number of H-pyrrole nitrogens is 1. The molecule has 1 aliphatic rings. The van der Waals surface area contributed by atoms with E-state index in [0.29, 0.717) is 32.2 Å². The van der Waals surface area contributed by atoms with Crippen molar-refractivity contribution < 1.29 is 42.3 Å². The Morgan fingerprint density at radius 2 is 1.49 bits per heavy atom. The van der Waals surface area contributed by atoms with Crippen molar-refractivity contribution in [1.82, 2.24) is 26.3 Å². The largest absolute Gasteiger partial charge is 0.490 e. The van der Waals surface area contributed by atoms with Crippen LogP contribution in [0.25, 0.3) is 10.9 Å². The second-order valence-corrected chi connectivity index (χ2v) is 12.0. The predicted molar refractivity (Wildman–Crippen MR) is 176 cm³/mol. The molecule has 15 heteroatoms. The minimum absolute atomic E-state index is 0.0119. The molecule has 3 aromatic rings. The van der Waals surface area contributed by atoms with Crippen LogP contribution in [0.4, 0.5) is 13.2 Å². The van der Waals surface area contributed by atoms with Gasteiger partial charge in [0.05, 0.1) is 5.92 Å². The van der Waals surface area contributed by atoms with Crippen LogP contribution in [-0.4, -0.2) is 77.1 Å². The number of amides is 4. The van der Waals surface area contributed by atoms with Crippen LogP contribution in [0.5, 0.6) is 0 Å². The van der Waals surface area contributed by atoms with Crippen molar-refractivity contribution in [1.29, 1.82) is 0 Å². The van der Waals surface area contributed by atoms with Gasteiger partial charge < -0.3 is 37.1 Å². The number of carbonyl (C=O) groups excluding carboxylic acids is 4. The standard InChI is InChI=1S/C32H42N6O4.C2HF3O2/c1-21-19-35-29(39)17-24(15-22-9-3-2-4-10-22)36-30(40)18-25(16-23-20-34-27-12-6-5-11-26(23)27)37-32(42)28(38-31(21)41)13-7-8-14-33;3-2(4,5)1(6)7/h2-6,9-12,20-21,24-25,28,34H,7-8,13-19,33H2,1H3,(H,35,39)(H,36,40)(H,37,42)(H,38,41);(H,6,7)/t21-,24-,25-,28-;/m0./s1.